The van der Waals surface area contributed by atoms with Gasteiger partial charge in [0.25, 0.3) is 0 Å². The number of fused-ring (bicyclic) bond motifs is 1. The molecular formula is C13H17NO3. The van der Waals surface area contributed by atoms with Gasteiger partial charge in [0.1, 0.15) is 6.10 Å². The molecule has 0 spiro atoms. The first-order chi connectivity index (χ1) is 8.15. The van der Waals surface area contributed by atoms with Crippen LogP contribution in [0.3, 0.4) is 0 Å². The van der Waals surface area contributed by atoms with Gasteiger partial charge in [0.05, 0.1) is 18.7 Å². The fourth-order valence-corrected chi connectivity index (χ4v) is 2.16. The number of hydrogen-bond acceptors (Lipinski definition) is 3. The molecule has 2 N–H and O–H groups in total. The smallest absolute Gasteiger partial charge is 0.228 e. The van der Waals surface area contributed by atoms with Gasteiger partial charge in [-0.2, -0.15) is 0 Å². The van der Waals surface area contributed by atoms with E-state index in [9.17, 15) is 9.90 Å². The number of aryl methyl sites for hydroxylation is 1. The van der Waals surface area contributed by atoms with Gasteiger partial charge < -0.3 is 15.2 Å². The van der Waals surface area contributed by atoms with Gasteiger partial charge in [0.2, 0.25) is 5.91 Å². The highest BCUT2D eigenvalue weighted by Gasteiger charge is 2.24. The maximum Gasteiger partial charge on any atom is 0.228 e. The molecule has 2 rings (SSSR count). The van der Waals surface area contributed by atoms with Gasteiger partial charge >= 0.3 is 0 Å². The van der Waals surface area contributed by atoms with Gasteiger partial charge in [0, 0.05) is 12.7 Å². The molecule has 1 aromatic carbocycles. The Hall–Kier alpha value is -1.39. The number of methoxy groups -OCH3 is 1. The zero-order valence-electron chi connectivity index (χ0n) is 10.1. The van der Waals surface area contributed by atoms with Crippen LogP contribution in [0.5, 0.6) is 0 Å². The second kappa shape index (κ2) is 4.85. The molecule has 1 aliphatic heterocycles. The van der Waals surface area contributed by atoms with Crippen LogP contribution in [0.25, 0.3) is 0 Å². The number of hydrogen-bond donors (Lipinski definition) is 2. The Bertz CT molecular complexity index is 443. The van der Waals surface area contributed by atoms with E-state index in [1.807, 2.05) is 12.1 Å². The first kappa shape index (κ1) is 12.1. The number of rotatable bonds is 4. The Kier molecular flexibility index (Phi) is 3.45. The van der Waals surface area contributed by atoms with Crippen LogP contribution in [0.15, 0.2) is 12.1 Å². The highest BCUT2D eigenvalue weighted by Crippen LogP contribution is 2.33. The van der Waals surface area contributed by atoms with Crippen LogP contribution in [0, 0.1) is 0 Å². The largest absolute Gasteiger partial charge is 0.386 e. The molecule has 0 bridgehead atoms. The highest BCUT2D eigenvalue weighted by atomic mass is 16.5. The molecule has 1 amide bonds. The number of anilines is 1. The topological polar surface area (TPSA) is 58.6 Å². The van der Waals surface area contributed by atoms with Crippen molar-refractivity contribution < 1.29 is 14.6 Å². The number of carbonyl (C=O) groups excluding carboxylic acids is 1. The van der Waals surface area contributed by atoms with Crippen molar-refractivity contribution in [2.24, 2.45) is 0 Å². The molecule has 0 aliphatic carbocycles. The van der Waals surface area contributed by atoms with Crippen molar-refractivity contribution in [3.05, 3.63) is 28.8 Å². The third-order valence-corrected chi connectivity index (χ3v) is 3.02. The van der Waals surface area contributed by atoms with E-state index in [0.29, 0.717) is 6.42 Å². The summed E-state index contributed by atoms with van der Waals surface area (Å²) in [6.45, 7) is 2.29. The molecule has 0 radical (unpaired) electrons. The lowest BCUT2D eigenvalue weighted by molar-refractivity contribution is -0.115. The summed E-state index contributed by atoms with van der Waals surface area (Å²) >= 11 is 0. The Morgan fingerprint density at radius 2 is 2.29 bits per heavy atom. The summed E-state index contributed by atoms with van der Waals surface area (Å²) in [7, 11) is 1.55. The summed E-state index contributed by atoms with van der Waals surface area (Å²) in [6.07, 6.45) is 0.586. The van der Waals surface area contributed by atoms with E-state index in [-0.39, 0.29) is 12.5 Å². The number of aliphatic hydroxyl groups excluding tert-OH is 1. The molecule has 4 heteroatoms. The van der Waals surface area contributed by atoms with Gasteiger partial charge in [0.15, 0.2) is 0 Å². The fraction of sp³-hybridized carbons (Fsp3) is 0.462. The second-order valence-corrected chi connectivity index (χ2v) is 4.27. The quantitative estimate of drug-likeness (QED) is 0.830. The average molecular weight is 235 g/mol. The molecule has 0 saturated carbocycles. The Balaban J connectivity index is 2.43. The number of nitrogens with one attached hydrogen (secondary N) is 1. The molecule has 0 aromatic heterocycles. The summed E-state index contributed by atoms with van der Waals surface area (Å²) in [5.74, 6) is -0.0147. The summed E-state index contributed by atoms with van der Waals surface area (Å²) in [5, 5.41) is 12.8. The van der Waals surface area contributed by atoms with E-state index < -0.39 is 6.10 Å². The van der Waals surface area contributed by atoms with Crippen molar-refractivity contribution in [3.8, 4) is 0 Å². The summed E-state index contributed by atoms with van der Waals surface area (Å²) in [6, 6.07) is 3.96. The molecule has 1 unspecified atom stereocenters. The Morgan fingerprint density at radius 1 is 1.53 bits per heavy atom. The van der Waals surface area contributed by atoms with Crippen molar-refractivity contribution in [2.75, 3.05) is 19.0 Å². The van der Waals surface area contributed by atoms with Crippen LogP contribution in [-0.2, 0) is 22.4 Å². The lowest BCUT2D eigenvalue weighted by Crippen LogP contribution is -2.10. The maximum absolute atomic E-state index is 11.4. The summed E-state index contributed by atoms with van der Waals surface area (Å²) < 4.78 is 4.96. The standard InChI is InChI=1S/C13H17NO3/c1-3-8-4-9-6-12(16)14-13(9)10(5-8)11(15)7-17-2/h4-5,11,15H,3,6-7H2,1-2H3,(H,14,16). The molecule has 1 heterocycles. The van der Waals surface area contributed by atoms with E-state index in [4.69, 9.17) is 4.74 Å². The Labute approximate surface area is 101 Å². The SMILES string of the molecule is CCc1cc2c(c(C(O)COC)c1)NC(=O)C2. The minimum absolute atomic E-state index is 0.0147. The van der Waals surface area contributed by atoms with Gasteiger partial charge in [-0.25, -0.2) is 0 Å². The summed E-state index contributed by atoms with van der Waals surface area (Å²) in [4.78, 5) is 11.4. The van der Waals surface area contributed by atoms with E-state index >= 15 is 0 Å². The van der Waals surface area contributed by atoms with Gasteiger partial charge in [-0.1, -0.05) is 19.1 Å². The van der Waals surface area contributed by atoms with E-state index in [0.717, 1.165) is 28.8 Å². The van der Waals surface area contributed by atoms with E-state index in [1.54, 1.807) is 7.11 Å². The third kappa shape index (κ3) is 2.33. The minimum Gasteiger partial charge on any atom is -0.386 e. The first-order valence-electron chi connectivity index (χ1n) is 5.78. The van der Waals surface area contributed by atoms with Crippen LogP contribution in [-0.4, -0.2) is 24.7 Å². The van der Waals surface area contributed by atoms with Crippen LogP contribution in [0.2, 0.25) is 0 Å². The molecule has 92 valence electrons. The number of amides is 1. The number of ether oxygens (including phenoxy) is 1. The van der Waals surface area contributed by atoms with Crippen molar-refractivity contribution in [2.45, 2.75) is 25.9 Å². The van der Waals surface area contributed by atoms with Crippen molar-refractivity contribution >= 4 is 11.6 Å². The monoisotopic (exact) mass is 235 g/mol. The minimum atomic E-state index is -0.696. The third-order valence-electron chi connectivity index (χ3n) is 3.02. The first-order valence-corrected chi connectivity index (χ1v) is 5.78. The molecule has 0 fully saturated rings. The van der Waals surface area contributed by atoms with Crippen molar-refractivity contribution in [3.63, 3.8) is 0 Å². The van der Waals surface area contributed by atoms with Crippen molar-refractivity contribution in [1.82, 2.24) is 0 Å². The molecular weight excluding hydrogens is 218 g/mol. The van der Waals surface area contributed by atoms with Crippen LogP contribution < -0.4 is 5.32 Å². The molecule has 1 atom stereocenters. The van der Waals surface area contributed by atoms with Gasteiger partial charge in [-0.15, -0.1) is 0 Å². The predicted octanol–water partition coefficient (Wildman–Crippen LogP) is 1.42. The number of aliphatic hydroxyl groups is 1. The predicted molar refractivity (Wildman–Crippen MR) is 65.0 cm³/mol. The summed E-state index contributed by atoms with van der Waals surface area (Å²) in [5.41, 5.74) is 3.62. The molecule has 1 aliphatic rings. The molecule has 1 aromatic rings. The number of carbonyl (C=O) groups is 1. The lowest BCUT2D eigenvalue weighted by Gasteiger charge is -2.15. The Morgan fingerprint density at radius 3 is 2.94 bits per heavy atom. The van der Waals surface area contributed by atoms with Crippen LogP contribution in [0.1, 0.15) is 29.7 Å². The highest BCUT2D eigenvalue weighted by molar-refractivity contribution is 6.00. The van der Waals surface area contributed by atoms with E-state index in [1.165, 1.54) is 0 Å². The maximum atomic E-state index is 11.4. The molecule has 0 saturated heterocycles. The van der Waals surface area contributed by atoms with Gasteiger partial charge in [-0.05, 0) is 17.5 Å². The lowest BCUT2D eigenvalue weighted by atomic mass is 9.98. The molecule has 17 heavy (non-hydrogen) atoms. The number of benzene rings is 1. The van der Waals surface area contributed by atoms with Crippen molar-refractivity contribution in [1.29, 1.82) is 0 Å². The zero-order chi connectivity index (χ0) is 12.4. The average Bonchev–Trinajstić information content (AvgIpc) is 2.67. The van der Waals surface area contributed by atoms with Crippen LogP contribution in [0.4, 0.5) is 5.69 Å². The normalized spacial score (nSPS) is 15.6. The van der Waals surface area contributed by atoms with E-state index in [2.05, 4.69) is 12.2 Å². The zero-order valence-corrected chi connectivity index (χ0v) is 10.1. The van der Waals surface area contributed by atoms with Gasteiger partial charge in [-0.3, -0.25) is 4.79 Å². The van der Waals surface area contributed by atoms with Crippen LogP contribution >= 0.6 is 0 Å². The molecule has 4 nitrogen and oxygen atoms in total. The second-order valence-electron chi connectivity index (χ2n) is 4.27. The fourth-order valence-electron chi connectivity index (χ4n) is 2.16.